The highest BCUT2D eigenvalue weighted by Crippen LogP contribution is 2.28. The summed E-state index contributed by atoms with van der Waals surface area (Å²) in [5.74, 6) is 1.85. The minimum absolute atomic E-state index is 0.847. The number of hydrogen-bond acceptors (Lipinski definition) is 2. The second-order valence-electron chi connectivity index (χ2n) is 4.78. The summed E-state index contributed by atoms with van der Waals surface area (Å²) in [5, 5.41) is 3.56. The van der Waals surface area contributed by atoms with Gasteiger partial charge in [-0.05, 0) is 44.7 Å². The Labute approximate surface area is 94.8 Å². The molecule has 0 heterocycles. The Morgan fingerprint density at radius 3 is 2.80 bits per heavy atom. The summed E-state index contributed by atoms with van der Waals surface area (Å²) in [5.41, 5.74) is 0. The van der Waals surface area contributed by atoms with Crippen molar-refractivity contribution in [2.45, 2.75) is 46.0 Å². The lowest BCUT2D eigenvalue weighted by Crippen LogP contribution is -2.30. The summed E-state index contributed by atoms with van der Waals surface area (Å²) < 4.78 is 5.31. The zero-order valence-electron chi connectivity index (χ0n) is 10.4. The molecule has 2 atom stereocenters. The Balaban J connectivity index is 1.94. The maximum Gasteiger partial charge on any atom is 0.0477 e. The third-order valence-corrected chi connectivity index (χ3v) is 3.54. The third-order valence-electron chi connectivity index (χ3n) is 3.54. The van der Waals surface area contributed by atoms with Gasteiger partial charge in [0, 0.05) is 13.2 Å². The van der Waals surface area contributed by atoms with Crippen LogP contribution in [0, 0.1) is 11.8 Å². The molecule has 0 aromatic carbocycles. The lowest BCUT2D eigenvalue weighted by molar-refractivity contribution is 0.143. The molecule has 15 heavy (non-hydrogen) atoms. The molecule has 0 bridgehead atoms. The smallest absolute Gasteiger partial charge is 0.0477 e. The van der Waals surface area contributed by atoms with Crippen LogP contribution in [-0.4, -0.2) is 26.3 Å². The van der Waals surface area contributed by atoms with E-state index in [1.54, 1.807) is 0 Å². The van der Waals surface area contributed by atoms with E-state index in [2.05, 4.69) is 19.2 Å². The number of ether oxygens (including phenoxy) is 1. The molecule has 2 unspecified atom stereocenters. The van der Waals surface area contributed by atoms with Crippen molar-refractivity contribution in [3.05, 3.63) is 0 Å². The average Bonchev–Trinajstić information content (AvgIpc) is 2.25. The van der Waals surface area contributed by atoms with Crippen LogP contribution in [0.2, 0.25) is 0 Å². The predicted octanol–water partition coefficient (Wildman–Crippen LogP) is 2.83. The van der Waals surface area contributed by atoms with E-state index < -0.39 is 0 Å². The van der Waals surface area contributed by atoms with Gasteiger partial charge in [0.1, 0.15) is 0 Å². The van der Waals surface area contributed by atoms with Crippen LogP contribution >= 0.6 is 0 Å². The Morgan fingerprint density at radius 2 is 2.07 bits per heavy atom. The van der Waals surface area contributed by atoms with Gasteiger partial charge in [0.05, 0.1) is 0 Å². The Kier molecular flexibility index (Phi) is 7.03. The van der Waals surface area contributed by atoms with Gasteiger partial charge in [0.2, 0.25) is 0 Å². The molecule has 2 nitrogen and oxygen atoms in total. The summed E-state index contributed by atoms with van der Waals surface area (Å²) in [6, 6.07) is 0. The number of nitrogens with one attached hydrogen (secondary N) is 1. The topological polar surface area (TPSA) is 21.3 Å². The molecule has 1 aliphatic rings. The Bertz CT molecular complexity index is 149. The van der Waals surface area contributed by atoms with Gasteiger partial charge in [-0.3, -0.25) is 0 Å². The van der Waals surface area contributed by atoms with E-state index in [1.165, 1.54) is 32.2 Å². The van der Waals surface area contributed by atoms with Crippen LogP contribution in [0.15, 0.2) is 0 Å². The molecule has 0 amide bonds. The first-order chi connectivity index (χ1) is 7.34. The van der Waals surface area contributed by atoms with Gasteiger partial charge < -0.3 is 10.1 Å². The van der Waals surface area contributed by atoms with Gasteiger partial charge >= 0.3 is 0 Å². The Morgan fingerprint density at radius 1 is 1.27 bits per heavy atom. The molecule has 1 fully saturated rings. The monoisotopic (exact) mass is 213 g/mol. The van der Waals surface area contributed by atoms with Crippen molar-refractivity contribution in [1.29, 1.82) is 0 Å². The number of hydrogen-bond donors (Lipinski definition) is 1. The summed E-state index contributed by atoms with van der Waals surface area (Å²) in [4.78, 5) is 0. The molecular formula is C13H27NO. The summed E-state index contributed by atoms with van der Waals surface area (Å²) >= 11 is 0. The van der Waals surface area contributed by atoms with Crippen molar-refractivity contribution >= 4 is 0 Å². The molecule has 0 saturated heterocycles. The van der Waals surface area contributed by atoms with Crippen LogP contribution in [0.3, 0.4) is 0 Å². The highest BCUT2D eigenvalue weighted by Gasteiger charge is 2.20. The first-order valence-corrected chi connectivity index (χ1v) is 6.63. The van der Waals surface area contributed by atoms with Gasteiger partial charge in [-0.15, -0.1) is 0 Å². The van der Waals surface area contributed by atoms with Crippen LogP contribution in [0.4, 0.5) is 0 Å². The SMILES string of the molecule is CCOCCCNCC1CCCCC1C. The normalized spacial score (nSPS) is 26.8. The molecule has 0 aromatic rings. The van der Waals surface area contributed by atoms with Crippen molar-refractivity contribution in [2.75, 3.05) is 26.3 Å². The molecule has 0 aliphatic heterocycles. The lowest BCUT2D eigenvalue weighted by atomic mass is 9.80. The zero-order valence-corrected chi connectivity index (χ0v) is 10.4. The molecule has 1 rings (SSSR count). The molecular weight excluding hydrogens is 186 g/mol. The molecule has 0 spiro atoms. The first kappa shape index (κ1) is 13.0. The first-order valence-electron chi connectivity index (χ1n) is 6.63. The minimum atomic E-state index is 0.847. The van der Waals surface area contributed by atoms with Crippen molar-refractivity contribution < 1.29 is 4.74 Å². The summed E-state index contributed by atoms with van der Waals surface area (Å²) in [6.45, 7) is 8.54. The van der Waals surface area contributed by atoms with Gasteiger partial charge in [-0.1, -0.05) is 26.2 Å². The maximum atomic E-state index is 5.31. The average molecular weight is 213 g/mol. The Hall–Kier alpha value is -0.0800. The van der Waals surface area contributed by atoms with Crippen molar-refractivity contribution in [2.24, 2.45) is 11.8 Å². The molecule has 90 valence electrons. The van der Waals surface area contributed by atoms with Crippen molar-refractivity contribution in [3.8, 4) is 0 Å². The lowest BCUT2D eigenvalue weighted by Gasteiger charge is -2.28. The van der Waals surface area contributed by atoms with Gasteiger partial charge in [0.15, 0.2) is 0 Å². The van der Waals surface area contributed by atoms with E-state index in [4.69, 9.17) is 4.74 Å². The summed E-state index contributed by atoms with van der Waals surface area (Å²) in [6.07, 6.45) is 6.90. The molecule has 0 aromatic heterocycles. The van der Waals surface area contributed by atoms with Crippen LogP contribution in [-0.2, 0) is 4.74 Å². The maximum absolute atomic E-state index is 5.31. The van der Waals surface area contributed by atoms with E-state index in [0.29, 0.717) is 0 Å². The van der Waals surface area contributed by atoms with Crippen LogP contribution in [0.1, 0.15) is 46.0 Å². The fourth-order valence-corrected chi connectivity index (χ4v) is 2.43. The fraction of sp³-hybridized carbons (Fsp3) is 1.00. The van der Waals surface area contributed by atoms with Crippen molar-refractivity contribution in [1.82, 2.24) is 5.32 Å². The van der Waals surface area contributed by atoms with E-state index in [0.717, 1.165) is 38.0 Å². The van der Waals surface area contributed by atoms with E-state index >= 15 is 0 Å². The van der Waals surface area contributed by atoms with E-state index in [1.807, 2.05) is 0 Å². The molecule has 0 radical (unpaired) electrons. The minimum Gasteiger partial charge on any atom is -0.382 e. The van der Waals surface area contributed by atoms with Crippen LogP contribution < -0.4 is 5.32 Å². The van der Waals surface area contributed by atoms with E-state index in [9.17, 15) is 0 Å². The van der Waals surface area contributed by atoms with E-state index in [-0.39, 0.29) is 0 Å². The van der Waals surface area contributed by atoms with Crippen LogP contribution in [0.25, 0.3) is 0 Å². The molecule has 2 heteroatoms. The van der Waals surface area contributed by atoms with Gasteiger partial charge in [0.25, 0.3) is 0 Å². The van der Waals surface area contributed by atoms with Crippen molar-refractivity contribution in [3.63, 3.8) is 0 Å². The highest BCUT2D eigenvalue weighted by atomic mass is 16.5. The summed E-state index contributed by atoms with van der Waals surface area (Å²) in [7, 11) is 0. The highest BCUT2D eigenvalue weighted by molar-refractivity contribution is 4.73. The third kappa shape index (κ3) is 5.53. The predicted molar refractivity (Wildman–Crippen MR) is 65.1 cm³/mol. The molecule has 1 saturated carbocycles. The van der Waals surface area contributed by atoms with Crippen LogP contribution in [0.5, 0.6) is 0 Å². The standard InChI is InChI=1S/C13H27NO/c1-3-15-10-6-9-14-11-13-8-5-4-7-12(13)2/h12-14H,3-11H2,1-2H3. The van der Waals surface area contributed by atoms with Gasteiger partial charge in [-0.2, -0.15) is 0 Å². The molecule has 1 aliphatic carbocycles. The molecule has 1 N–H and O–H groups in total. The second kappa shape index (κ2) is 8.12. The second-order valence-corrected chi connectivity index (χ2v) is 4.78. The fourth-order valence-electron chi connectivity index (χ4n) is 2.43. The quantitative estimate of drug-likeness (QED) is 0.657. The number of rotatable bonds is 7. The zero-order chi connectivity index (χ0) is 10.9. The largest absolute Gasteiger partial charge is 0.382 e. The van der Waals surface area contributed by atoms with Gasteiger partial charge in [-0.25, -0.2) is 0 Å².